The highest BCUT2D eigenvalue weighted by molar-refractivity contribution is 7.80. The summed E-state index contributed by atoms with van der Waals surface area (Å²) in [5, 5.41) is 0. The Morgan fingerprint density at radius 3 is 3.00 bits per heavy atom. The lowest BCUT2D eigenvalue weighted by Gasteiger charge is -2.11. The molecule has 1 aromatic carbocycles. The Labute approximate surface area is 111 Å². The first-order valence-electron chi connectivity index (χ1n) is 6.00. The van der Waals surface area contributed by atoms with E-state index in [0.717, 1.165) is 25.9 Å². The maximum atomic E-state index is 13.6. The normalized spacial score (nSPS) is 18.8. The molecule has 1 unspecified atom stereocenters. The molecule has 0 aromatic heterocycles. The summed E-state index contributed by atoms with van der Waals surface area (Å²) in [6, 6.07) is 4.52. The maximum Gasteiger partial charge on any atom is 0.137 e. The second-order valence-corrected chi connectivity index (χ2v) is 4.72. The Balaban J connectivity index is 1.85. The minimum atomic E-state index is -0.447. The lowest BCUT2D eigenvalue weighted by Crippen LogP contribution is -2.13. The van der Waals surface area contributed by atoms with Gasteiger partial charge in [-0.1, -0.05) is 12.2 Å². The van der Waals surface area contributed by atoms with Gasteiger partial charge in [-0.3, -0.25) is 0 Å². The molecule has 18 heavy (non-hydrogen) atoms. The third-order valence-corrected chi connectivity index (χ3v) is 3.16. The van der Waals surface area contributed by atoms with Crippen molar-refractivity contribution in [2.45, 2.75) is 25.4 Å². The first-order valence-corrected chi connectivity index (χ1v) is 6.41. The molecule has 1 atom stereocenters. The zero-order chi connectivity index (χ0) is 13.0. The van der Waals surface area contributed by atoms with Crippen molar-refractivity contribution < 1.29 is 13.9 Å². The van der Waals surface area contributed by atoms with E-state index in [4.69, 9.17) is 27.4 Å². The molecule has 5 heteroatoms. The fourth-order valence-electron chi connectivity index (χ4n) is 1.97. The smallest absolute Gasteiger partial charge is 0.137 e. The Morgan fingerprint density at radius 2 is 2.39 bits per heavy atom. The monoisotopic (exact) mass is 269 g/mol. The van der Waals surface area contributed by atoms with Crippen molar-refractivity contribution in [3.8, 4) is 5.75 Å². The van der Waals surface area contributed by atoms with Gasteiger partial charge >= 0.3 is 0 Å². The predicted octanol–water partition coefficient (Wildman–Crippen LogP) is 2.41. The highest BCUT2D eigenvalue weighted by atomic mass is 32.1. The molecule has 0 aliphatic carbocycles. The maximum absolute atomic E-state index is 13.6. The summed E-state index contributed by atoms with van der Waals surface area (Å²) in [4.78, 5) is 0.0541. The molecule has 0 saturated carbocycles. The summed E-state index contributed by atoms with van der Waals surface area (Å²) in [5.74, 6) is 0.0441. The van der Waals surface area contributed by atoms with Crippen LogP contribution in [0.4, 0.5) is 4.39 Å². The van der Waals surface area contributed by atoms with Crippen LogP contribution in [-0.2, 0) is 4.74 Å². The molecule has 1 aliphatic heterocycles. The summed E-state index contributed by atoms with van der Waals surface area (Å²) < 4.78 is 24.5. The largest absolute Gasteiger partial charge is 0.493 e. The molecule has 0 amide bonds. The first kappa shape index (κ1) is 13.2. The molecule has 1 heterocycles. The standard InChI is InChI=1S/C13H16FNO2S/c14-12-8-10(3-4-11(12)13(15)18)17-7-5-9-2-1-6-16-9/h3-4,8-9H,1-2,5-7H2,(H2,15,18). The second kappa shape index (κ2) is 6.11. The van der Waals surface area contributed by atoms with E-state index < -0.39 is 5.82 Å². The van der Waals surface area contributed by atoms with E-state index in [1.54, 1.807) is 12.1 Å². The van der Waals surface area contributed by atoms with Crippen molar-refractivity contribution in [1.82, 2.24) is 0 Å². The van der Waals surface area contributed by atoms with Crippen LogP contribution in [0.2, 0.25) is 0 Å². The Morgan fingerprint density at radius 1 is 1.56 bits per heavy atom. The van der Waals surface area contributed by atoms with Gasteiger partial charge < -0.3 is 15.2 Å². The molecule has 2 rings (SSSR count). The fraction of sp³-hybridized carbons (Fsp3) is 0.462. The van der Waals surface area contributed by atoms with Gasteiger partial charge in [0.2, 0.25) is 0 Å². The lowest BCUT2D eigenvalue weighted by atomic mass is 10.2. The third-order valence-electron chi connectivity index (χ3n) is 2.94. The topological polar surface area (TPSA) is 44.5 Å². The lowest BCUT2D eigenvalue weighted by molar-refractivity contribution is 0.0903. The van der Waals surface area contributed by atoms with Gasteiger partial charge in [0.15, 0.2) is 0 Å². The van der Waals surface area contributed by atoms with Gasteiger partial charge in [0.05, 0.1) is 12.7 Å². The Bertz CT molecular complexity index is 433. The molecule has 0 bridgehead atoms. The van der Waals surface area contributed by atoms with Gasteiger partial charge in [0.25, 0.3) is 0 Å². The van der Waals surface area contributed by atoms with E-state index in [0.29, 0.717) is 12.4 Å². The van der Waals surface area contributed by atoms with Crippen LogP contribution in [0, 0.1) is 5.82 Å². The fourth-order valence-corrected chi connectivity index (χ4v) is 2.13. The zero-order valence-corrected chi connectivity index (χ0v) is 10.8. The second-order valence-electron chi connectivity index (χ2n) is 4.28. The summed E-state index contributed by atoms with van der Waals surface area (Å²) in [5.41, 5.74) is 5.63. The van der Waals surface area contributed by atoms with Crippen molar-refractivity contribution in [2.24, 2.45) is 5.73 Å². The van der Waals surface area contributed by atoms with Crippen LogP contribution >= 0.6 is 12.2 Å². The SMILES string of the molecule is NC(=S)c1ccc(OCCC2CCCO2)cc1F. The molecule has 1 aromatic rings. The molecule has 98 valence electrons. The van der Waals surface area contributed by atoms with Crippen LogP contribution in [0.15, 0.2) is 18.2 Å². The number of benzene rings is 1. The van der Waals surface area contributed by atoms with Crippen LogP contribution in [0.3, 0.4) is 0 Å². The van der Waals surface area contributed by atoms with E-state index in [-0.39, 0.29) is 16.7 Å². The van der Waals surface area contributed by atoms with Crippen LogP contribution in [0.25, 0.3) is 0 Å². The van der Waals surface area contributed by atoms with E-state index in [1.165, 1.54) is 6.07 Å². The van der Waals surface area contributed by atoms with Crippen LogP contribution < -0.4 is 10.5 Å². The number of thiocarbonyl (C=S) groups is 1. The number of rotatable bonds is 5. The molecular weight excluding hydrogens is 253 g/mol. The highest BCUT2D eigenvalue weighted by Gasteiger charge is 2.15. The van der Waals surface area contributed by atoms with E-state index >= 15 is 0 Å². The van der Waals surface area contributed by atoms with Gasteiger partial charge in [0.1, 0.15) is 16.6 Å². The molecule has 0 radical (unpaired) electrons. The van der Waals surface area contributed by atoms with Crippen molar-refractivity contribution >= 4 is 17.2 Å². The van der Waals surface area contributed by atoms with Crippen LogP contribution in [0.5, 0.6) is 5.75 Å². The van der Waals surface area contributed by atoms with E-state index in [2.05, 4.69) is 0 Å². The van der Waals surface area contributed by atoms with Crippen LogP contribution in [0.1, 0.15) is 24.8 Å². The molecule has 1 fully saturated rings. The van der Waals surface area contributed by atoms with Gasteiger partial charge in [-0.05, 0) is 25.0 Å². The number of halogens is 1. The third kappa shape index (κ3) is 3.40. The minimum absolute atomic E-state index is 0.0541. The summed E-state index contributed by atoms with van der Waals surface area (Å²) in [6.07, 6.45) is 3.31. The number of ether oxygens (including phenoxy) is 2. The Kier molecular flexibility index (Phi) is 4.49. The van der Waals surface area contributed by atoms with E-state index in [1.807, 2.05) is 0 Å². The number of hydrogen-bond acceptors (Lipinski definition) is 3. The molecular formula is C13H16FNO2S. The van der Waals surface area contributed by atoms with Gasteiger partial charge in [-0.2, -0.15) is 0 Å². The number of hydrogen-bond donors (Lipinski definition) is 1. The van der Waals surface area contributed by atoms with Crippen molar-refractivity contribution in [1.29, 1.82) is 0 Å². The molecule has 2 N–H and O–H groups in total. The average Bonchev–Trinajstić information content (AvgIpc) is 2.81. The highest BCUT2D eigenvalue weighted by Crippen LogP contribution is 2.19. The van der Waals surface area contributed by atoms with Gasteiger partial charge in [-0.15, -0.1) is 0 Å². The van der Waals surface area contributed by atoms with Gasteiger partial charge in [-0.25, -0.2) is 4.39 Å². The molecule has 1 aliphatic rings. The van der Waals surface area contributed by atoms with Crippen molar-refractivity contribution in [3.05, 3.63) is 29.6 Å². The summed E-state index contributed by atoms with van der Waals surface area (Å²) in [7, 11) is 0. The average molecular weight is 269 g/mol. The zero-order valence-electron chi connectivity index (χ0n) is 10.0. The molecule has 3 nitrogen and oxygen atoms in total. The van der Waals surface area contributed by atoms with Gasteiger partial charge in [0, 0.05) is 24.7 Å². The molecule has 1 saturated heterocycles. The molecule has 0 spiro atoms. The van der Waals surface area contributed by atoms with Crippen molar-refractivity contribution in [2.75, 3.05) is 13.2 Å². The van der Waals surface area contributed by atoms with Crippen LogP contribution in [-0.4, -0.2) is 24.3 Å². The Hall–Kier alpha value is -1.20. The number of nitrogens with two attached hydrogens (primary N) is 1. The van der Waals surface area contributed by atoms with Crippen molar-refractivity contribution in [3.63, 3.8) is 0 Å². The first-order chi connectivity index (χ1) is 8.66. The summed E-state index contributed by atoms with van der Waals surface area (Å²) >= 11 is 4.73. The predicted molar refractivity (Wildman–Crippen MR) is 71.4 cm³/mol. The minimum Gasteiger partial charge on any atom is -0.493 e. The van der Waals surface area contributed by atoms with E-state index in [9.17, 15) is 4.39 Å². The summed E-state index contributed by atoms with van der Waals surface area (Å²) in [6.45, 7) is 1.36. The quantitative estimate of drug-likeness (QED) is 0.834.